The number of hydrogen-bond donors (Lipinski definition) is 0. The Morgan fingerprint density at radius 3 is 2.00 bits per heavy atom. The van der Waals surface area contributed by atoms with Crippen LogP contribution in [0.2, 0.25) is 0 Å². The fourth-order valence-electron chi connectivity index (χ4n) is 2.33. The molecule has 14 heavy (non-hydrogen) atoms. The van der Waals surface area contributed by atoms with Crippen molar-refractivity contribution in [3.8, 4) is 0 Å². The molecule has 1 saturated carbocycles. The first-order chi connectivity index (χ1) is 6.46. The molecule has 82 valence electrons. The first kappa shape index (κ1) is 10.3. The van der Waals surface area contributed by atoms with E-state index < -0.39 is 11.7 Å². The number of alkyl halides is 3. The Kier molecular flexibility index (Phi) is 2.29. The Balaban J connectivity index is 2.02. The van der Waals surface area contributed by atoms with Gasteiger partial charge in [0.2, 0.25) is 0 Å². The van der Waals surface area contributed by atoms with Crippen molar-refractivity contribution in [2.75, 3.05) is 13.1 Å². The molecule has 1 aliphatic carbocycles. The van der Waals surface area contributed by atoms with Crippen LogP contribution in [0.1, 0.15) is 32.6 Å². The predicted octanol–water partition coefficient (Wildman–Crippen LogP) is 2.81. The van der Waals surface area contributed by atoms with E-state index in [0.717, 1.165) is 12.8 Å². The molecular formula is C10H16F3N. The Morgan fingerprint density at radius 2 is 1.64 bits per heavy atom. The van der Waals surface area contributed by atoms with Crippen LogP contribution in [0.15, 0.2) is 0 Å². The number of likely N-dealkylation sites (tertiary alicyclic amines) is 1. The van der Waals surface area contributed by atoms with E-state index in [1.165, 1.54) is 0 Å². The molecule has 2 aliphatic rings. The number of piperidine rings is 1. The highest BCUT2D eigenvalue weighted by Gasteiger charge is 2.66. The lowest BCUT2D eigenvalue weighted by molar-refractivity contribution is -0.199. The van der Waals surface area contributed by atoms with E-state index in [1.54, 1.807) is 4.90 Å². The first-order valence-electron chi connectivity index (χ1n) is 5.27. The fraction of sp³-hybridized carbons (Fsp3) is 1.00. The average Bonchev–Trinajstić information content (AvgIpc) is 2.84. The second kappa shape index (κ2) is 3.12. The van der Waals surface area contributed by atoms with Gasteiger partial charge in [-0.05, 0) is 44.7 Å². The molecule has 1 saturated heterocycles. The zero-order valence-electron chi connectivity index (χ0n) is 8.40. The Labute approximate surface area is 82.3 Å². The SMILES string of the molecule is CC1CCN(C2(C(F)(F)F)CC2)CC1. The van der Waals surface area contributed by atoms with E-state index in [0.29, 0.717) is 31.8 Å². The van der Waals surface area contributed by atoms with Crippen molar-refractivity contribution in [2.45, 2.75) is 44.3 Å². The number of rotatable bonds is 1. The molecule has 0 bridgehead atoms. The van der Waals surface area contributed by atoms with Gasteiger partial charge in [-0.2, -0.15) is 13.2 Å². The number of halogens is 3. The van der Waals surface area contributed by atoms with Gasteiger partial charge in [0, 0.05) is 0 Å². The maximum Gasteiger partial charge on any atom is 0.406 e. The molecule has 0 unspecified atom stereocenters. The quantitative estimate of drug-likeness (QED) is 0.639. The lowest BCUT2D eigenvalue weighted by Gasteiger charge is -2.38. The van der Waals surface area contributed by atoms with Crippen molar-refractivity contribution < 1.29 is 13.2 Å². The van der Waals surface area contributed by atoms with Crippen molar-refractivity contribution in [3.05, 3.63) is 0 Å². The largest absolute Gasteiger partial charge is 0.406 e. The molecule has 4 heteroatoms. The Hall–Kier alpha value is -0.250. The van der Waals surface area contributed by atoms with Crippen LogP contribution in [0.25, 0.3) is 0 Å². The van der Waals surface area contributed by atoms with E-state index in [4.69, 9.17) is 0 Å². The summed E-state index contributed by atoms with van der Waals surface area (Å²) in [7, 11) is 0. The molecule has 2 fully saturated rings. The van der Waals surface area contributed by atoms with Crippen LogP contribution in [-0.2, 0) is 0 Å². The molecule has 0 spiro atoms. The van der Waals surface area contributed by atoms with Gasteiger partial charge >= 0.3 is 6.18 Å². The maximum absolute atomic E-state index is 12.7. The maximum atomic E-state index is 12.7. The van der Waals surface area contributed by atoms with Crippen molar-refractivity contribution in [3.63, 3.8) is 0 Å². The van der Waals surface area contributed by atoms with E-state index in [2.05, 4.69) is 6.92 Å². The van der Waals surface area contributed by atoms with Gasteiger partial charge in [0.1, 0.15) is 5.54 Å². The molecule has 1 nitrogen and oxygen atoms in total. The normalized spacial score (nSPS) is 29.1. The molecular weight excluding hydrogens is 191 g/mol. The third-order valence-corrected chi connectivity index (χ3v) is 3.64. The lowest BCUT2D eigenvalue weighted by atomic mass is 9.97. The lowest BCUT2D eigenvalue weighted by Crippen LogP contribution is -2.51. The number of hydrogen-bond acceptors (Lipinski definition) is 1. The zero-order valence-corrected chi connectivity index (χ0v) is 8.40. The summed E-state index contributed by atoms with van der Waals surface area (Å²) in [6.45, 7) is 3.37. The van der Waals surface area contributed by atoms with Gasteiger partial charge in [-0.15, -0.1) is 0 Å². The third kappa shape index (κ3) is 1.53. The minimum absolute atomic E-state index is 0.310. The van der Waals surface area contributed by atoms with Crippen LogP contribution in [0.5, 0.6) is 0 Å². The molecule has 0 aromatic rings. The molecule has 0 aromatic carbocycles. The van der Waals surface area contributed by atoms with Crippen LogP contribution >= 0.6 is 0 Å². The second-order valence-electron chi connectivity index (χ2n) is 4.70. The van der Waals surface area contributed by atoms with Gasteiger partial charge in [0.05, 0.1) is 0 Å². The van der Waals surface area contributed by atoms with Crippen molar-refractivity contribution in [1.29, 1.82) is 0 Å². The molecule has 0 radical (unpaired) electrons. The molecule has 1 aliphatic heterocycles. The van der Waals surface area contributed by atoms with Crippen LogP contribution in [0.4, 0.5) is 13.2 Å². The molecule has 0 aromatic heterocycles. The van der Waals surface area contributed by atoms with Crippen molar-refractivity contribution in [2.24, 2.45) is 5.92 Å². The monoisotopic (exact) mass is 207 g/mol. The summed E-state index contributed by atoms with van der Waals surface area (Å²) < 4.78 is 38.2. The van der Waals surface area contributed by atoms with E-state index >= 15 is 0 Å². The topological polar surface area (TPSA) is 3.24 Å². The van der Waals surface area contributed by atoms with E-state index in [1.807, 2.05) is 0 Å². The van der Waals surface area contributed by atoms with Gasteiger partial charge in [0.15, 0.2) is 0 Å². The summed E-state index contributed by atoms with van der Waals surface area (Å²) in [4.78, 5) is 1.66. The molecule has 0 atom stereocenters. The summed E-state index contributed by atoms with van der Waals surface area (Å²) in [6, 6.07) is 0. The second-order valence-corrected chi connectivity index (χ2v) is 4.70. The molecule has 0 amide bonds. The highest BCUT2D eigenvalue weighted by Crippen LogP contribution is 2.54. The summed E-state index contributed by atoms with van der Waals surface area (Å²) >= 11 is 0. The van der Waals surface area contributed by atoms with Gasteiger partial charge in [-0.25, -0.2) is 0 Å². The molecule has 2 rings (SSSR count). The minimum atomic E-state index is -4.02. The summed E-state index contributed by atoms with van der Waals surface area (Å²) in [5.41, 5.74) is -1.42. The third-order valence-electron chi connectivity index (χ3n) is 3.64. The summed E-state index contributed by atoms with van der Waals surface area (Å²) in [5.74, 6) is 0.593. The van der Waals surface area contributed by atoms with Crippen LogP contribution in [0.3, 0.4) is 0 Å². The van der Waals surface area contributed by atoms with Crippen molar-refractivity contribution >= 4 is 0 Å². The highest BCUT2D eigenvalue weighted by atomic mass is 19.4. The minimum Gasteiger partial charge on any atom is -0.290 e. The summed E-state index contributed by atoms with van der Waals surface area (Å²) in [6.07, 6.45) is -1.57. The van der Waals surface area contributed by atoms with Gasteiger partial charge in [-0.3, -0.25) is 4.90 Å². The highest BCUT2D eigenvalue weighted by molar-refractivity contribution is 5.09. The van der Waals surface area contributed by atoms with Crippen LogP contribution < -0.4 is 0 Å². The molecule has 1 heterocycles. The van der Waals surface area contributed by atoms with E-state index in [-0.39, 0.29) is 0 Å². The average molecular weight is 207 g/mol. The number of nitrogens with zero attached hydrogens (tertiary/aromatic N) is 1. The van der Waals surface area contributed by atoms with Gasteiger partial charge < -0.3 is 0 Å². The standard InChI is InChI=1S/C10H16F3N/c1-8-2-6-14(7-3-8)9(4-5-9)10(11,12)13/h8H,2-7H2,1H3. The van der Waals surface area contributed by atoms with Crippen LogP contribution in [-0.4, -0.2) is 29.7 Å². The zero-order chi connectivity index (χ0) is 10.4. The Morgan fingerprint density at radius 1 is 1.14 bits per heavy atom. The van der Waals surface area contributed by atoms with E-state index in [9.17, 15) is 13.2 Å². The smallest absolute Gasteiger partial charge is 0.290 e. The first-order valence-corrected chi connectivity index (χ1v) is 5.27. The predicted molar refractivity (Wildman–Crippen MR) is 48.0 cm³/mol. The molecule has 0 N–H and O–H groups in total. The van der Waals surface area contributed by atoms with Gasteiger partial charge in [0.25, 0.3) is 0 Å². The van der Waals surface area contributed by atoms with Crippen molar-refractivity contribution in [1.82, 2.24) is 4.90 Å². The fourth-order valence-corrected chi connectivity index (χ4v) is 2.33. The van der Waals surface area contributed by atoms with Gasteiger partial charge in [-0.1, -0.05) is 6.92 Å². The Bertz CT molecular complexity index is 212. The summed E-state index contributed by atoms with van der Waals surface area (Å²) in [5, 5.41) is 0. The van der Waals surface area contributed by atoms with Crippen LogP contribution in [0, 0.1) is 5.92 Å².